The molecule has 0 aromatic carbocycles. The second-order valence-corrected chi connectivity index (χ2v) is 5.50. The van der Waals surface area contributed by atoms with Crippen LogP contribution in [0.25, 0.3) is 0 Å². The zero-order valence-corrected chi connectivity index (χ0v) is 15.4. The normalized spacial score (nSPS) is 9.50. The monoisotopic (exact) mass is 375 g/mol. The van der Waals surface area contributed by atoms with E-state index >= 15 is 0 Å². The molecular formula is C13H27MoNOS2. The number of hydrogen-bond donors (Lipinski definition) is 1. The molecule has 0 saturated carbocycles. The number of hydrogen-bond acceptors (Lipinski definition) is 2. The Morgan fingerprint density at radius 3 is 1.61 bits per heavy atom. The van der Waals surface area contributed by atoms with Gasteiger partial charge in [-0.15, -0.1) is 12.6 Å². The van der Waals surface area contributed by atoms with Crippen LogP contribution < -0.4 is 0 Å². The van der Waals surface area contributed by atoms with Crippen LogP contribution in [0.15, 0.2) is 0 Å². The van der Waals surface area contributed by atoms with Crippen LogP contribution in [0.1, 0.15) is 65.2 Å². The molecule has 0 aromatic heterocycles. The summed E-state index contributed by atoms with van der Waals surface area (Å²) >= 11 is 10.2. The summed E-state index contributed by atoms with van der Waals surface area (Å²) in [6, 6.07) is 0. The molecule has 0 bridgehead atoms. The van der Waals surface area contributed by atoms with Crippen LogP contribution in [0.5, 0.6) is 0 Å². The molecule has 0 spiro atoms. The Kier molecular flexibility index (Phi) is 20.7. The van der Waals surface area contributed by atoms with Gasteiger partial charge in [0.25, 0.3) is 0 Å². The zero-order valence-electron chi connectivity index (χ0n) is 11.7. The van der Waals surface area contributed by atoms with Gasteiger partial charge in [-0.3, -0.25) is 0 Å². The molecule has 108 valence electrons. The Hall–Kier alpha value is 0.728. The first-order chi connectivity index (χ1) is 8.72. The molecule has 0 rings (SSSR count). The molecular weight excluding hydrogens is 346 g/mol. The molecule has 0 radical (unpaired) electrons. The molecule has 0 saturated heterocycles. The molecule has 0 aliphatic heterocycles. The predicted molar refractivity (Wildman–Crippen MR) is 82.1 cm³/mol. The SMILES string of the molecule is CCCCCCN(CCCCCC)C(=S)S.[O]=[Mo]. The van der Waals surface area contributed by atoms with Crippen molar-refractivity contribution in [2.45, 2.75) is 65.2 Å². The van der Waals surface area contributed by atoms with E-state index in [1.54, 1.807) is 0 Å². The number of thiocarbonyl (C=S) groups is 1. The topological polar surface area (TPSA) is 20.3 Å². The first-order valence-electron chi connectivity index (χ1n) is 6.86. The third-order valence-corrected chi connectivity index (χ3v) is 3.37. The van der Waals surface area contributed by atoms with Gasteiger partial charge >= 0.3 is 23.2 Å². The van der Waals surface area contributed by atoms with Gasteiger partial charge in [-0.25, -0.2) is 0 Å². The summed E-state index contributed by atoms with van der Waals surface area (Å²) in [4.78, 5) is 2.25. The maximum atomic E-state index is 8.26. The summed E-state index contributed by atoms with van der Waals surface area (Å²) in [6.45, 7) is 6.67. The third-order valence-electron chi connectivity index (χ3n) is 2.83. The number of thiol groups is 1. The van der Waals surface area contributed by atoms with Crippen molar-refractivity contribution in [2.75, 3.05) is 13.1 Å². The fraction of sp³-hybridized carbons (Fsp3) is 0.923. The van der Waals surface area contributed by atoms with Crippen molar-refractivity contribution in [3.63, 3.8) is 0 Å². The Morgan fingerprint density at radius 1 is 0.944 bits per heavy atom. The summed E-state index contributed by atoms with van der Waals surface area (Å²) in [5.74, 6) is 0. The molecule has 0 amide bonds. The molecule has 0 atom stereocenters. The Morgan fingerprint density at radius 2 is 1.33 bits per heavy atom. The van der Waals surface area contributed by atoms with Gasteiger partial charge in [-0.1, -0.05) is 64.6 Å². The molecule has 0 N–H and O–H groups in total. The predicted octanol–water partition coefficient (Wildman–Crippen LogP) is 4.54. The summed E-state index contributed by atoms with van der Waals surface area (Å²) in [6.07, 6.45) is 10.4. The molecule has 0 aliphatic rings. The van der Waals surface area contributed by atoms with Crippen molar-refractivity contribution < 1.29 is 23.2 Å². The second kappa shape index (κ2) is 17.7. The number of rotatable bonds is 10. The minimum absolute atomic E-state index is 0.700. The minimum atomic E-state index is 0.700. The van der Waals surface area contributed by atoms with E-state index in [0.717, 1.165) is 17.4 Å². The van der Waals surface area contributed by atoms with Gasteiger partial charge in [-0.2, -0.15) is 0 Å². The van der Waals surface area contributed by atoms with Crippen molar-refractivity contribution in [3.8, 4) is 0 Å². The van der Waals surface area contributed by atoms with E-state index in [1.165, 1.54) is 51.4 Å². The number of unbranched alkanes of at least 4 members (excludes halogenated alkanes) is 6. The molecule has 0 unspecified atom stereocenters. The molecule has 2 nitrogen and oxygen atoms in total. The third kappa shape index (κ3) is 14.8. The van der Waals surface area contributed by atoms with Crippen LogP contribution in [0, 0.1) is 0 Å². The van der Waals surface area contributed by atoms with Crippen LogP contribution in [0.3, 0.4) is 0 Å². The molecule has 0 aliphatic carbocycles. The van der Waals surface area contributed by atoms with E-state index in [1.807, 2.05) is 0 Å². The van der Waals surface area contributed by atoms with E-state index in [9.17, 15) is 0 Å². The van der Waals surface area contributed by atoms with Gasteiger partial charge in [0.05, 0.1) is 0 Å². The van der Waals surface area contributed by atoms with E-state index in [0.29, 0.717) is 19.8 Å². The summed E-state index contributed by atoms with van der Waals surface area (Å²) in [7, 11) is 0. The first kappa shape index (κ1) is 21.0. The van der Waals surface area contributed by atoms with Crippen molar-refractivity contribution in [1.82, 2.24) is 4.90 Å². The fourth-order valence-electron chi connectivity index (χ4n) is 1.76. The van der Waals surface area contributed by atoms with Crippen LogP contribution in [0.2, 0.25) is 0 Å². The quantitative estimate of drug-likeness (QED) is 0.263. The summed E-state index contributed by atoms with van der Waals surface area (Å²) < 4.78 is 9.03. The Balaban J connectivity index is 0. The Bertz CT molecular complexity index is 182. The van der Waals surface area contributed by atoms with E-state index in [4.69, 9.17) is 15.6 Å². The molecule has 0 aromatic rings. The van der Waals surface area contributed by atoms with E-state index < -0.39 is 0 Å². The van der Waals surface area contributed by atoms with E-state index in [2.05, 4.69) is 31.4 Å². The first-order valence-corrected chi connectivity index (χ1v) is 8.54. The standard InChI is InChI=1S/C13H27NS2.Mo.O/c1-3-5-7-9-11-14(13(15)16)12-10-8-6-4-2;;/h3-12H2,1-2H3,(H,15,16);;. The average Bonchev–Trinajstić information content (AvgIpc) is 2.39. The molecule has 18 heavy (non-hydrogen) atoms. The zero-order chi connectivity index (χ0) is 14.2. The Labute approximate surface area is 135 Å². The van der Waals surface area contributed by atoms with Crippen molar-refractivity contribution >= 4 is 29.2 Å². The summed E-state index contributed by atoms with van der Waals surface area (Å²) in [5, 5.41) is 0. The van der Waals surface area contributed by atoms with Crippen LogP contribution >= 0.6 is 24.8 Å². The van der Waals surface area contributed by atoms with Crippen molar-refractivity contribution in [3.05, 3.63) is 0 Å². The van der Waals surface area contributed by atoms with Gasteiger partial charge < -0.3 is 4.90 Å². The number of nitrogens with zero attached hydrogens (tertiary/aromatic N) is 1. The van der Waals surface area contributed by atoms with Crippen molar-refractivity contribution in [2.24, 2.45) is 0 Å². The summed E-state index contributed by atoms with van der Waals surface area (Å²) in [5.41, 5.74) is 0. The van der Waals surface area contributed by atoms with Gasteiger partial charge in [-0.05, 0) is 12.8 Å². The maximum absolute atomic E-state index is 8.26. The van der Waals surface area contributed by atoms with E-state index in [-0.39, 0.29) is 0 Å². The van der Waals surface area contributed by atoms with Crippen LogP contribution in [0.4, 0.5) is 0 Å². The van der Waals surface area contributed by atoms with Crippen LogP contribution in [-0.4, -0.2) is 22.3 Å². The van der Waals surface area contributed by atoms with Gasteiger partial charge in [0.1, 0.15) is 4.32 Å². The average molecular weight is 373 g/mol. The van der Waals surface area contributed by atoms with Crippen LogP contribution in [-0.2, 0) is 23.2 Å². The molecule has 0 heterocycles. The fourth-order valence-corrected chi connectivity index (χ4v) is 2.14. The van der Waals surface area contributed by atoms with Gasteiger partial charge in [0, 0.05) is 13.1 Å². The molecule has 5 heteroatoms. The molecule has 0 fully saturated rings. The second-order valence-electron chi connectivity index (χ2n) is 4.39. The van der Waals surface area contributed by atoms with Gasteiger partial charge in [0.2, 0.25) is 0 Å². The van der Waals surface area contributed by atoms with Crippen molar-refractivity contribution in [1.29, 1.82) is 0 Å². The van der Waals surface area contributed by atoms with Gasteiger partial charge in [0.15, 0.2) is 0 Å².